The average Bonchev–Trinajstić information content (AvgIpc) is 2.79. The molecular weight excluding hydrogens is 394 g/mol. The summed E-state index contributed by atoms with van der Waals surface area (Å²) in [6, 6.07) is 31.1. The number of nitrogens with two attached hydrogens (primary N) is 1. The summed E-state index contributed by atoms with van der Waals surface area (Å²) in [7, 11) is 0. The Morgan fingerprint density at radius 3 is 2.07 bits per heavy atom. The molecule has 0 saturated carbocycles. The zero-order valence-corrected chi connectivity index (χ0v) is 17.0. The summed E-state index contributed by atoms with van der Waals surface area (Å²) in [5.41, 5.74) is 11.0. The molecule has 4 heteroatoms. The van der Waals surface area contributed by atoms with Crippen molar-refractivity contribution in [1.82, 2.24) is 0 Å². The maximum Gasteiger partial charge on any atom is 0.248 e. The highest BCUT2D eigenvalue weighted by atomic mass is 35.5. The van der Waals surface area contributed by atoms with Gasteiger partial charge in [0.05, 0.1) is 0 Å². The third kappa shape index (κ3) is 4.53. The fourth-order valence-electron chi connectivity index (χ4n) is 3.31. The number of ether oxygens (including phenoxy) is 1. The number of primary amides is 1. The molecule has 4 rings (SSSR count). The molecule has 0 saturated heterocycles. The van der Waals surface area contributed by atoms with E-state index < -0.39 is 5.91 Å². The smallest absolute Gasteiger partial charge is 0.248 e. The summed E-state index contributed by atoms with van der Waals surface area (Å²) >= 11 is 6.22. The molecule has 0 aliphatic rings. The zero-order chi connectivity index (χ0) is 20.9. The molecule has 0 aliphatic carbocycles. The highest BCUT2D eigenvalue weighted by Crippen LogP contribution is 2.29. The van der Waals surface area contributed by atoms with Gasteiger partial charge in [-0.15, -0.1) is 0 Å². The van der Waals surface area contributed by atoms with Gasteiger partial charge in [0, 0.05) is 10.6 Å². The molecule has 4 aromatic rings. The quantitative estimate of drug-likeness (QED) is 0.400. The predicted octanol–water partition coefficient (Wildman–Crippen LogP) is 6.35. The van der Waals surface area contributed by atoms with Gasteiger partial charge in [-0.2, -0.15) is 0 Å². The lowest BCUT2D eigenvalue weighted by Crippen LogP contribution is -2.10. The molecule has 0 unspecified atom stereocenters. The van der Waals surface area contributed by atoms with Crippen LogP contribution in [0.1, 0.15) is 15.9 Å². The van der Waals surface area contributed by atoms with Crippen LogP contribution >= 0.6 is 11.6 Å². The maximum absolute atomic E-state index is 11.3. The summed E-state index contributed by atoms with van der Waals surface area (Å²) in [4.78, 5) is 11.3. The zero-order valence-electron chi connectivity index (χ0n) is 16.2. The van der Waals surface area contributed by atoms with Crippen molar-refractivity contribution in [1.29, 1.82) is 0 Å². The van der Waals surface area contributed by atoms with Crippen LogP contribution in [0, 0.1) is 0 Å². The monoisotopic (exact) mass is 413 g/mol. The number of carbonyl (C=O) groups is 1. The van der Waals surface area contributed by atoms with Gasteiger partial charge >= 0.3 is 0 Å². The van der Waals surface area contributed by atoms with Gasteiger partial charge in [-0.3, -0.25) is 4.79 Å². The van der Waals surface area contributed by atoms with Crippen molar-refractivity contribution in [2.24, 2.45) is 5.73 Å². The van der Waals surface area contributed by atoms with Crippen molar-refractivity contribution < 1.29 is 9.53 Å². The van der Waals surface area contributed by atoms with Crippen LogP contribution < -0.4 is 10.5 Å². The van der Waals surface area contributed by atoms with E-state index in [1.165, 1.54) is 5.56 Å². The lowest BCUT2D eigenvalue weighted by atomic mass is 9.99. The van der Waals surface area contributed by atoms with E-state index in [-0.39, 0.29) is 0 Å². The van der Waals surface area contributed by atoms with Crippen LogP contribution in [0.25, 0.3) is 22.3 Å². The Bertz CT molecular complexity index is 1150. The average molecular weight is 414 g/mol. The molecule has 2 N–H and O–H groups in total. The molecule has 0 radical (unpaired) electrons. The van der Waals surface area contributed by atoms with Crippen LogP contribution in [0.3, 0.4) is 0 Å². The van der Waals surface area contributed by atoms with Crippen LogP contribution in [-0.2, 0) is 6.61 Å². The van der Waals surface area contributed by atoms with Gasteiger partial charge in [0.1, 0.15) is 12.4 Å². The molecule has 30 heavy (non-hydrogen) atoms. The van der Waals surface area contributed by atoms with Crippen LogP contribution in [0.4, 0.5) is 0 Å². The van der Waals surface area contributed by atoms with Crippen LogP contribution in [0.15, 0.2) is 97.1 Å². The normalized spacial score (nSPS) is 10.6. The van der Waals surface area contributed by atoms with Crippen molar-refractivity contribution >= 4 is 17.5 Å². The summed E-state index contributed by atoms with van der Waals surface area (Å²) in [6.07, 6.45) is 0. The third-order valence-corrected chi connectivity index (χ3v) is 5.14. The summed E-state index contributed by atoms with van der Waals surface area (Å²) < 4.78 is 6.03. The number of amides is 1. The first-order valence-electron chi connectivity index (χ1n) is 9.57. The molecule has 3 nitrogen and oxygen atoms in total. The molecule has 0 atom stereocenters. The van der Waals surface area contributed by atoms with Gasteiger partial charge in [0.2, 0.25) is 5.91 Å². The van der Waals surface area contributed by atoms with Crippen molar-refractivity contribution in [3.8, 4) is 28.0 Å². The Balaban J connectivity index is 1.53. The largest absolute Gasteiger partial charge is 0.489 e. The molecular formula is C26H20ClNO2. The van der Waals surface area contributed by atoms with Crippen molar-refractivity contribution in [3.05, 3.63) is 113 Å². The van der Waals surface area contributed by atoms with E-state index in [1.807, 2.05) is 72.8 Å². The number of halogens is 1. The lowest BCUT2D eigenvalue weighted by Gasteiger charge is -2.13. The Hall–Kier alpha value is -3.56. The molecule has 0 bridgehead atoms. The Kier molecular flexibility index (Phi) is 5.82. The number of rotatable bonds is 6. The molecule has 0 aliphatic heterocycles. The third-order valence-electron chi connectivity index (χ3n) is 4.90. The van der Waals surface area contributed by atoms with Gasteiger partial charge in [-0.1, -0.05) is 72.3 Å². The first-order chi connectivity index (χ1) is 14.6. The van der Waals surface area contributed by atoms with E-state index in [0.717, 1.165) is 28.0 Å². The standard InChI is InChI=1S/C26H20ClNO2/c27-23-12-15-25(20-6-8-21(9-7-20)26(28)29)22(16-23)17-30-24-13-10-19(11-14-24)18-4-2-1-3-5-18/h1-16H,17H2,(H2,28,29). The minimum Gasteiger partial charge on any atom is -0.489 e. The second-order valence-electron chi connectivity index (χ2n) is 6.92. The molecule has 1 amide bonds. The van der Waals surface area contributed by atoms with Crippen molar-refractivity contribution in [3.63, 3.8) is 0 Å². The van der Waals surface area contributed by atoms with Gasteiger partial charge in [0.15, 0.2) is 0 Å². The first-order valence-corrected chi connectivity index (χ1v) is 9.95. The fraction of sp³-hybridized carbons (Fsp3) is 0.0385. The predicted molar refractivity (Wildman–Crippen MR) is 122 cm³/mol. The number of benzene rings is 4. The Labute approximate surface area is 180 Å². The van der Waals surface area contributed by atoms with Gasteiger partial charge in [-0.25, -0.2) is 0 Å². The van der Waals surface area contributed by atoms with E-state index >= 15 is 0 Å². The minimum atomic E-state index is -0.444. The molecule has 0 heterocycles. The summed E-state index contributed by atoms with van der Waals surface area (Å²) in [6.45, 7) is 0.373. The Morgan fingerprint density at radius 2 is 1.40 bits per heavy atom. The molecule has 4 aromatic carbocycles. The van der Waals surface area contributed by atoms with Gasteiger partial charge < -0.3 is 10.5 Å². The van der Waals surface area contributed by atoms with Crippen molar-refractivity contribution in [2.75, 3.05) is 0 Å². The number of hydrogen-bond donors (Lipinski definition) is 1. The lowest BCUT2D eigenvalue weighted by molar-refractivity contribution is 0.100. The van der Waals surface area contributed by atoms with E-state index in [9.17, 15) is 4.79 Å². The second-order valence-corrected chi connectivity index (χ2v) is 7.36. The SMILES string of the molecule is NC(=O)c1ccc(-c2ccc(Cl)cc2COc2ccc(-c3ccccc3)cc2)cc1. The topological polar surface area (TPSA) is 52.3 Å². The minimum absolute atomic E-state index is 0.373. The Morgan fingerprint density at radius 1 is 0.767 bits per heavy atom. The summed E-state index contributed by atoms with van der Waals surface area (Å²) in [5.74, 6) is 0.338. The van der Waals surface area contributed by atoms with Gasteiger partial charge in [0.25, 0.3) is 0 Å². The van der Waals surface area contributed by atoms with Gasteiger partial charge in [-0.05, 0) is 64.2 Å². The van der Waals surface area contributed by atoms with E-state index in [2.05, 4.69) is 12.1 Å². The number of carbonyl (C=O) groups excluding carboxylic acids is 1. The summed E-state index contributed by atoms with van der Waals surface area (Å²) in [5, 5.41) is 0.644. The van der Waals surface area contributed by atoms with E-state index in [4.69, 9.17) is 22.1 Å². The molecule has 0 aromatic heterocycles. The first kappa shape index (κ1) is 19.7. The van der Waals surface area contributed by atoms with Crippen LogP contribution in [-0.4, -0.2) is 5.91 Å². The highest BCUT2D eigenvalue weighted by Gasteiger charge is 2.09. The van der Waals surface area contributed by atoms with Crippen LogP contribution in [0.2, 0.25) is 5.02 Å². The fourth-order valence-corrected chi connectivity index (χ4v) is 3.51. The van der Waals surface area contributed by atoms with Crippen molar-refractivity contribution in [2.45, 2.75) is 6.61 Å². The highest BCUT2D eigenvalue weighted by molar-refractivity contribution is 6.30. The number of hydrogen-bond acceptors (Lipinski definition) is 2. The second kappa shape index (κ2) is 8.85. The molecule has 0 spiro atoms. The van der Waals surface area contributed by atoms with E-state index in [0.29, 0.717) is 17.2 Å². The van der Waals surface area contributed by atoms with Crippen LogP contribution in [0.5, 0.6) is 5.75 Å². The molecule has 148 valence electrons. The maximum atomic E-state index is 11.3. The molecule has 0 fully saturated rings. The van der Waals surface area contributed by atoms with E-state index in [1.54, 1.807) is 12.1 Å².